The van der Waals surface area contributed by atoms with Crippen LogP contribution in [0, 0.1) is 0 Å². The molecule has 2 aromatic rings. The van der Waals surface area contributed by atoms with Crippen LogP contribution in [0.2, 0.25) is 0 Å². The molecular formula is C12H13N3O2. The zero-order valence-corrected chi connectivity index (χ0v) is 9.66. The van der Waals surface area contributed by atoms with Gasteiger partial charge in [-0.2, -0.15) is 0 Å². The van der Waals surface area contributed by atoms with E-state index in [4.69, 9.17) is 5.11 Å². The maximum Gasteiger partial charge on any atom is 0.336 e. The lowest BCUT2D eigenvalue weighted by Crippen LogP contribution is -2.00. The van der Waals surface area contributed by atoms with Gasteiger partial charge in [-0.25, -0.2) is 9.48 Å². The summed E-state index contributed by atoms with van der Waals surface area (Å²) in [6.07, 6.45) is 1.76. The van der Waals surface area contributed by atoms with Gasteiger partial charge in [0.2, 0.25) is 0 Å². The summed E-state index contributed by atoms with van der Waals surface area (Å²) in [5.74, 6) is -0.959. The van der Waals surface area contributed by atoms with Crippen molar-refractivity contribution in [2.24, 2.45) is 0 Å². The fourth-order valence-corrected chi connectivity index (χ4v) is 1.55. The minimum Gasteiger partial charge on any atom is -0.478 e. The lowest BCUT2D eigenvalue weighted by Gasteiger charge is -2.02. The fourth-order valence-electron chi connectivity index (χ4n) is 1.55. The Kier molecular flexibility index (Phi) is 2.91. The molecule has 0 amide bonds. The zero-order valence-electron chi connectivity index (χ0n) is 9.66. The smallest absolute Gasteiger partial charge is 0.336 e. The fraction of sp³-hybridized carbons (Fsp3) is 0.250. The van der Waals surface area contributed by atoms with Crippen molar-refractivity contribution >= 4 is 5.97 Å². The molecule has 0 aliphatic carbocycles. The highest BCUT2D eigenvalue weighted by molar-refractivity contribution is 5.95. The molecule has 88 valence electrons. The predicted octanol–water partition coefficient (Wildman–Crippen LogP) is 2.22. The van der Waals surface area contributed by atoms with Crippen LogP contribution in [0.1, 0.15) is 30.2 Å². The van der Waals surface area contributed by atoms with Gasteiger partial charge in [0.25, 0.3) is 0 Å². The van der Waals surface area contributed by atoms with E-state index in [9.17, 15) is 4.79 Å². The Bertz CT molecular complexity index is 546. The van der Waals surface area contributed by atoms with Crippen molar-refractivity contribution < 1.29 is 9.90 Å². The van der Waals surface area contributed by atoms with E-state index in [0.717, 1.165) is 0 Å². The molecular weight excluding hydrogens is 218 g/mol. The molecule has 0 aliphatic rings. The number of carboxylic acid groups (broad SMARTS) is 1. The van der Waals surface area contributed by atoms with Crippen LogP contribution in [0.15, 0.2) is 30.5 Å². The molecule has 0 aliphatic heterocycles. The van der Waals surface area contributed by atoms with Gasteiger partial charge in [-0.15, -0.1) is 5.10 Å². The van der Waals surface area contributed by atoms with Gasteiger partial charge in [-0.05, 0) is 19.9 Å². The Morgan fingerprint density at radius 1 is 1.35 bits per heavy atom. The van der Waals surface area contributed by atoms with Crippen LogP contribution >= 0.6 is 0 Å². The molecule has 0 fully saturated rings. The van der Waals surface area contributed by atoms with E-state index in [2.05, 4.69) is 10.3 Å². The molecule has 0 radical (unpaired) electrons. The Morgan fingerprint density at radius 3 is 2.65 bits per heavy atom. The Hall–Kier alpha value is -2.17. The third-order valence-corrected chi connectivity index (χ3v) is 2.47. The van der Waals surface area contributed by atoms with E-state index < -0.39 is 5.97 Å². The van der Waals surface area contributed by atoms with Crippen molar-refractivity contribution in [2.45, 2.75) is 19.9 Å². The van der Waals surface area contributed by atoms with Crippen LogP contribution < -0.4 is 0 Å². The number of nitrogens with zero attached hydrogens (tertiary/aromatic N) is 3. The third kappa shape index (κ3) is 2.18. The van der Waals surface area contributed by atoms with Gasteiger partial charge in [0.05, 0.1) is 11.8 Å². The second-order valence-corrected chi connectivity index (χ2v) is 4.03. The van der Waals surface area contributed by atoms with Gasteiger partial charge in [-0.3, -0.25) is 0 Å². The van der Waals surface area contributed by atoms with Crippen LogP contribution in [0.25, 0.3) is 11.3 Å². The van der Waals surface area contributed by atoms with Gasteiger partial charge in [0.1, 0.15) is 5.69 Å². The van der Waals surface area contributed by atoms with Crippen LogP contribution in [0.3, 0.4) is 0 Å². The monoisotopic (exact) mass is 231 g/mol. The molecule has 1 aromatic carbocycles. The molecule has 17 heavy (non-hydrogen) atoms. The minimum atomic E-state index is -0.959. The molecule has 0 saturated carbocycles. The Morgan fingerprint density at radius 2 is 2.06 bits per heavy atom. The molecule has 0 atom stereocenters. The molecule has 0 spiro atoms. The second kappa shape index (κ2) is 4.37. The molecule has 2 rings (SSSR count). The topological polar surface area (TPSA) is 68.0 Å². The van der Waals surface area contributed by atoms with Crippen molar-refractivity contribution in [3.8, 4) is 11.3 Å². The van der Waals surface area contributed by atoms with Gasteiger partial charge < -0.3 is 5.11 Å². The van der Waals surface area contributed by atoms with Crippen LogP contribution in [0.5, 0.6) is 0 Å². The number of aromatic carboxylic acids is 1. The zero-order chi connectivity index (χ0) is 12.4. The lowest BCUT2D eigenvalue weighted by atomic mass is 10.1. The van der Waals surface area contributed by atoms with Crippen LogP contribution in [0.4, 0.5) is 0 Å². The second-order valence-electron chi connectivity index (χ2n) is 4.03. The third-order valence-electron chi connectivity index (χ3n) is 2.47. The van der Waals surface area contributed by atoms with Gasteiger partial charge >= 0.3 is 5.97 Å². The van der Waals surface area contributed by atoms with Crippen molar-refractivity contribution in [2.75, 3.05) is 0 Å². The SMILES string of the molecule is CC(C)n1cc(-c2ccccc2C(=O)O)nn1. The molecule has 0 unspecified atom stereocenters. The molecule has 1 heterocycles. The normalized spacial score (nSPS) is 10.8. The Labute approximate surface area is 98.7 Å². The number of carboxylic acids is 1. The average molecular weight is 231 g/mol. The van der Waals surface area contributed by atoms with Crippen LogP contribution in [-0.2, 0) is 0 Å². The largest absolute Gasteiger partial charge is 0.478 e. The van der Waals surface area contributed by atoms with Gasteiger partial charge in [-0.1, -0.05) is 23.4 Å². The van der Waals surface area contributed by atoms with Crippen molar-refractivity contribution in [3.63, 3.8) is 0 Å². The standard InChI is InChI=1S/C12H13N3O2/c1-8(2)15-7-11(13-14-15)9-5-3-4-6-10(9)12(16)17/h3-8H,1-2H3,(H,16,17). The maximum atomic E-state index is 11.1. The summed E-state index contributed by atoms with van der Waals surface area (Å²) >= 11 is 0. The summed E-state index contributed by atoms with van der Waals surface area (Å²) in [5, 5.41) is 17.1. The van der Waals surface area contributed by atoms with Crippen molar-refractivity contribution in [1.29, 1.82) is 0 Å². The molecule has 5 heteroatoms. The molecule has 1 N–H and O–H groups in total. The quantitative estimate of drug-likeness (QED) is 0.879. The number of hydrogen-bond acceptors (Lipinski definition) is 3. The molecule has 5 nitrogen and oxygen atoms in total. The van der Waals surface area contributed by atoms with E-state index in [1.165, 1.54) is 0 Å². The molecule has 1 aromatic heterocycles. The first-order chi connectivity index (χ1) is 8.09. The number of benzene rings is 1. The minimum absolute atomic E-state index is 0.202. The predicted molar refractivity (Wildman–Crippen MR) is 62.8 cm³/mol. The van der Waals surface area contributed by atoms with E-state index in [1.807, 2.05) is 13.8 Å². The van der Waals surface area contributed by atoms with Gasteiger partial charge in [0, 0.05) is 11.6 Å². The summed E-state index contributed by atoms with van der Waals surface area (Å²) in [5.41, 5.74) is 1.41. The molecule has 0 saturated heterocycles. The first kappa shape index (κ1) is 11.3. The van der Waals surface area contributed by atoms with Crippen molar-refractivity contribution in [3.05, 3.63) is 36.0 Å². The van der Waals surface area contributed by atoms with E-state index in [1.54, 1.807) is 35.1 Å². The van der Waals surface area contributed by atoms with E-state index >= 15 is 0 Å². The highest BCUT2D eigenvalue weighted by Gasteiger charge is 2.14. The van der Waals surface area contributed by atoms with E-state index in [0.29, 0.717) is 11.3 Å². The van der Waals surface area contributed by atoms with Gasteiger partial charge in [0.15, 0.2) is 0 Å². The average Bonchev–Trinajstić information content (AvgIpc) is 2.78. The number of aromatic nitrogens is 3. The van der Waals surface area contributed by atoms with E-state index in [-0.39, 0.29) is 11.6 Å². The lowest BCUT2D eigenvalue weighted by molar-refractivity contribution is 0.0697. The summed E-state index contributed by atoms with van der Waals surface area (Å²) in [4.78, 5) is 11.1. The van der Waals surface area contributed by atoms with Crippen LogP contribution in [-0.4, -0.2) is 26.1 Å². The summed E-state index contributed by atoms with van der Waals surface area (Å²) in [6.45, 7) is 3.98. The summed E-state index contributed by atoms with van der Waals surface area (Å²) in [7, 11) is 0. The summed E-state index contributed by atoms with van der Waals surface area (Å²) < 4.78 is 1.70. The number of carbonyl (C=O) groups is 1. The maximum absolute atomic E-state index is 11.1. The highest BCUT2D eigenvalue weighted by atomic mass is 16.4. The van der Waals surface area contributed by atoms with Crippen molar-refractivity contribution in [1.82, 2.24) is 15.0 Å². The summed E-state index contributed by atoms with van der Waals surface area (Å²) in [6, 6.07) is 6.98. The number of rotatable bonds is 3. The Balaban J connectivity index is 2.49. The number of hydrogen-bond donors (Lipinski definition) is 1. The first-order valence-electron chi connectivity index (χ1n) is 5.34. The highest BCUT2D eigenvalue weighted by Crippen LogP contribution is 2.21. The first-order valence-corrected chi connectivity index (χ1v) is 5.34. The molecule has 0 bridgehead atoms.